The van der Waals surface area contributed by atoms with E-state index < -0.39 is 36.7 Å². The minimum atomic E-state index is -1.83. The van der Waals surface area contributed by atoms with Crippen molar-refractivity contribution < 1.29 is 48.6 Å². The summed E-state index contributed by atoms with van der Waals surface area (Å²) in [6.45, 7) is 1.93. The molecule has 5 unspecified atom stereocenters. The monoisotopic (exact) mass is 507 g/mol. The number of ether oxygens (including phenoxy) is 4. The van der Waals surface area contributed by atoms with Gasteiger partial charge in [0.25, 0.3) is 0 Å². The number of carboxylic acid groups (broad SMARTS) is 1. The number of aliphatic hydroxyl groups is 3. The van der Waals surface area contributed by atoms with E-state index in [-0.39, 0.29) is 29.2 Å². The van der Waals surface area contributed by atoms with E-state index in [1.807, 2.05) is 0 Å². The second kappa shape index (κ2) is 11.4. The molecule has 2 saturated heterocycles. The van der Waals surface area contributed by atoms with Crippen molar-refractivity contribution in [1.29, 1.82) is 0 Å². The summed E-state index contributed by atoms with van der Waals surface area (Å²) in [4.78, 5) is 11.4. The topological polar surface area (TPSA) is 147 Å². The van der Waals surface area contributed by atoms with Gasteiger partial charge in [-0.3, -0.25) is 0 Å². The van der Waals surface area contributed by atoms with Crippen molar-refractivity contribution in [2.24, 2.45) is 5.92 Å². The Labute approximate surface area is 207 Å². The highest BCUT2D eigenvalue weighted by Gasteiger charge is 2.48. The first kappa shape index (κ1) is 26.1. The molecule has 2 aromatic carbocycles. The van der Waals surface area contributed by atoms with Gasteiger partial charge in [0.2, 0.25) is 6.29 Å². The maximum absolute atomic E-state index is 13.4. The van der Waals surface area contributed by atoms with Gasteiger partial charge >= 0.3 is 5.97 Å². The number of hydrogen-bond acceptors (Lipinski definition) is 9. The summed E-state index contributed by atoms with van der Waals surface area (Å²) in [6, 6.07) is 11.3. The first-order valence-electron chi connectivity index (χ1n) is 11.6. The third-order valence-corrected chi connectivity index (χ3v) is 6.56. The molecular weight excluding hydrogens is 477 g/mol. The van der Waals surface area contributed by atoms with Crippen LogP contribution in [0, 0.1) is 11.7 Å². The zero-order chi connectivity index (χ0) is 25.8. The standard InChI is InChI=1S/C25H30FNO9/c1-33-18-7-6-16(10-19(18)35-25-22(30)20(28)21(29)23(36-25)24(31)32)34-12-14-11-27-9-8-17(14)13-2-4-15(26)5-3-13/h2-7,10,14,17,20-23,25,27-30H,8-9,11-12H2,1H3,(H,31,32)/t14-,17-,20?,21?,22?,23?,25?/m0/s1. The van der Waals surface area contributed by atoms with Crippen LogP contribution in [0.25, 0.3) is 0 Å². The molecule has 2 aliphatic heterocycles. The molecule has 0 saturated carbocycles. The first-order chi connectivity index (χ1) is 17.3. The summed E-state index contributed by atoms with van der Waals surface area (Å²) in [6.07, 6.45) is -7.83. The number of aliphatic hydroxyl groups excluding tert-OH is 3. The SMILES string of the molecule is COc1ccc(OC[C@@H]2CNCC[C@H]2c2ccc(F)cc2)cc1OC1OC(C(=O)O)C(O)C(O)C1O. The minimum Gasteiger partial charge on any atom is -0.493 e. The van der Waals surface area contributed by atoms with Crippen LogP contribution in [0.4, 0.5) is 4.39 Å². The van der Waals surface area contributed by atoms with E-state index in [9.17, 15) is 29.6 Å². The lowest BCUT2D eigenvalue weighted by molar-refractivity contribution is -0.271. The fourth-order valence-corrected chi connectivity index (χ4v) is 4.56. The number of carboxylic acids is 1. The summed E-state index contributed by atoms with van der Waals surface area (Å²) in [7, 11) is 1.40. The maximum atomic E-state index is 13.4. The predicted molar refractivity (Wildman–Crippen MR) is 124 cm³/mol. The second-order valence-corrected chi connectivity index (χ2v) is 8.89. The van der Waals surface area contributed by atoms with Crippen molar-refractivity contribution in [3.05, 3.63) is 53.8 Å². The van der Waals surface area contributed by atoms with Crippen LogP contribution in [-0.4, -0.2) is 83.9 Å². The summed E-state index contributed by atoms with van der Waals surface area (Å²) in [5, 5.41) is 42.8. The lowest BCUT2D eigenvalue weighted by Crippen LogP contribution is -2.61. The first-order valence-corrected chi connectivity index (χ1v) is 11.6. The zero-order valence-electron chi connectivity index (χ0n) is 19.6. The number of methoxy groups -OCH3 is 1. The molecule has 0 aromatic heterocycles. The molecule has 10 nitrogen and oxygen atoms in total. The fourth-order valence-electron chi connectivity index (χ4n) is 4.56. The Bertz CT molecular complexity index is 1040. The molecule has 2 heterocycles. The van der Waals surface area contributed by atoms with Crippen molar-refractivity contribution in [1.82, 2.24) is 5.32 Å². The highest BCUT2D eigenvalue weighted by Crippen LogP contribution is 2.36. The van der Waals surface area contributed by atoms with Crippen LogP contribution in [0.15, 0.2) is 42.5 Å². The van der Waals surface area contributed by atoms with E-state index in [0.29, 0.717) is 12.4 Å². The van der Waals surface area contributed by atoms with Crippen LogP contribution in [-0.2, 0) is 9.53 Å². The van der Waals surface area contributed by atoms with E-state index in [2.05, 4.69) is 5.32 Å². The van der Waals surface area contributed by atoms with Gasteiger partial charge in [-0.1, -0.05) is 12.1 Å². The van der Waals surface area contributed by atoms with Crippen molar-refractivity contribution >= 4 is 5.97 Å². The van der Waals surface area contributed by atoms with Crippen LogP contribution in [0.5, 0.6) is 17.2 Å². The Morgan fingerprint density at radius 1 is 1.08 bits per heavy atom. The number of benzene rings is 2. The maximum Gasteiger partial charge on any atom is 0.335 e. The van der Waals surface area contributed by atoms with Crippen LogP contribution in [0.1, 0.15) is 17.9 Å². The molecular formula is C25H30FNO9. The molecule has 5 N–H and O–H groups in total. The molecule has 2 aromatic rings. The molecule has 0 spiro atoms. The Morgan fingerprint density at radius 2 is 1.83 bits per heavy atom. The Hall–Kier alpha value is -2.96. The number of hydrogen-bond donors (Lipinski definition) is 5. The quantitative estimate of drug-likeness (QED) is 0.349. The third-order valence-electron chi connectivity index (χ3n) is 6.56. The molecule has 0 radical (unpaired) electrons. The van der Waals surface area contributed by atoms with Gasteiger partial charge < -0.3 is 44.7 Å². The van der Waals surface area contributed by atoms with E-state index in [4.69, 9.17) is 18.9 Å². The second-order valence-electron chi connectivity index (χ2n) is 8.89. The number of aliphatic carboxylic acids is 1. The molecule has 0 amide bonds. The van der Waals surface area contributed by atoms with Gasteiger partial charge in [0, 0.05) is 18.5 Å². The summed E-state index contributed by atoms with van der Waals surface area (Å²) in [5.41, 5.74) is 1.04. The minimum absolute atomic E-state index is 0.0867. The molecule has 2 fully saturated rings. The van der Waals surface area contributed by atoms with Crippen molar-refractivity contribution in [2.45, 2.75) is 43.0 Å². The molecule has 4 rings (SSSR count). The fraction of sp³-hybridized carbons (Fsp3) is 0.480. The summed E-state index contributed by atoms with van der Waals surface area (Å²) >= 11 is 0. The number of carbonyl (C=O) groups is 1. The van der Waals surface area contributed by atoms with E-state index in [1.54, 1.807) is 24.3 Å². The summed E-state index contributed by atoms with van der Waals surface area (Å²) in [5.74, 6) is -0.717. The van der Waals surface area contributed by atoms with Crippen molar-refractivity contribution in [3.8, 4) is 17.2 Å². The lowest BCUT2D eigenvalue weighted by Gasteiger charge is -2.38. The summed E-state index contributed by atoms with van der Waals surface area (Å²) < 4.78 is 35.6. The molecule has 196 valence electrons. The predicted octanol–water partition coefficient (Wildman–Crippen LogP) is 0.877. The Kier molecular flexibility index (Phi) is 8.27. The van der Waals surface area contributed by atoms with Crippen LogP contribution in [0.3, 0.4) is 0 Å². The normalized spacial score (nSPS) is 30.4. The van der Waals surface area contributed by atoms with Gasteiger partial charge in [-0.2, -0.15) is 0 Å². The van der Waals surface area contributed by atoms with Gasteiger partial charge in [0.1, 0.15) is 29.9 Å². The van der Waals surface area contributed by atoms with Gasteiger partial charge in [-0.15, -0.1) is 0 Å². The van der Waals surface area contributed by atoms with Crippen molar-refractivity contribution in [2.75, 3.05) is 26.8 Å². The number of piperidine rings is 1. The number of halogens is 1. The highest BCUT2D eigenvalue weighted by atomic mass is 19.1. The molecule has 0 aliphatic carbocycles. The Morgan fingerprint density at radius 3 is 2.53 bits per heavy atom. The van der Waals surface area contributed by atoms with E-state index >= 15 is 0 Å². The highest BCUT2D eigenvalue weighted by molar-refractivity contribution is 5.73. The molecule has 2 aliphatic rings. The lowest BCUT2D eigenvalue weighted by atomic mass is 9.81. The largest absolute Gasteiger partial charge is 0.493 e. The van der Waals surface area contributed by atoms with Crippen LogP contribution >= 0.6 is 0 Å². The van der Waals surface area contributed by atoms with E-state index in [1.165, 1.54) is 25.3 Å². The Balaban J connectivity index is 1.47. The molecule has 0 bridgehead atoms. The smallest absolute Gasteiger partial charge is 0.335 e. The van der Waals surface area contributed by atoms with Gasteiger partial charge in [-0.05, 0) is 48.7 Å². The zero-order valence-corrected chi connectivity index (χ0v) is 19.6. The molecule has 7 atom stereocenters. The van der Waals surface area contributed by atoms with Crippen LogP contribution < -0.4 is 19.5 Å². The average Bonchev–Trinajstić information content (AvgIpc) is 2.88. The van der Waals surface area contributed by atoms with Gasteiger partial charge in [0.05, 0.1) is 13.7 Å². The van der Waals surface area contributed by atoms with Gasteiger partial charge in [-0.25, -0.2) is 9.18 Å². The number of rotatable bonds is 8. The van der Waals surface area contributed by atoms with E-state index in [0.717, 1.165) is 25.1 Å². The third kappa shape index (κ3) is 5.71. The van der Waals surface area contributed by atoms with Crippen LogP contribution in [0.2, 0.25) is 0 Å². The number of nitrogens with one attached hydrogen (secondary N) is 1. The van der Waals surface area contributed by atoms with Gasteiger partial charge in [0.15, 0.2) is 17.6 Å². The average molecular weight is 508 g/mol. The van der Waals surface area contributed by atoms with Crippen molar-refractivity contribution in [3.63, 3.8) is 0 Å². The molecule has 36 heavy (non-hydrogen) atoms. The molecule has 11 heteroatoms.